The monoisotopic (exact) mass is 330 g/mol. The van der Waals surface area contributed by atoms with E-state index in [0.717, 1.165) is 29.1 Å². The van der Waals surface area contributed by atoms with E-state index < -0.39 is 10.0 Å². The van der Waals surface area contributed by atoms with Crippen LogP contribution in [0.1, 0.15) is 31.4 Å². The molecule has 1 rings (SSSR count). The van der Waals surface area contributed by atoms with Gasteiger partial charge in [-0.15, -0.1) is 0 Å². The molecule has 120 valence electrons. The summed E-state index contributed by atoms with van der Waals surface area (Å²) in [6.45, 7) is 6.55. The molecule has 0 fully saturated rings. The number of benzene rings is 1. The lowest BCUT2D eigenvalue weighted by molar-refractivity contribution is 0.556. The van der Waals surface area contributed by atoms with Crippen LogP contribution in [0.25, 0.3) is 0 Å². The molecule has 0 amide bonds. The number of hydrogen-bond acceptors (Lipinski definition) is 4. The van der Waals surface area contributed by atoms with Gasteiger partial charge in [-0.3, -0.25) is 0 Å². The van der Waals surface area contributed by atoms with Crippen LogP contribution in [0.2, 0.25) is 0 Å². The van der Waals surface area contributed by atoms with Crippen LogP contribution in [0.4, 0.5) is 0 Å². The number of thioether (sulfide) groups is 1. The molecule has 6 heteroatoms. The first kappa shape index (κ1) is 18.5. The molecule has 0 aliphatic rings. The van der Waals surface area contributed by atoms with Crippen LogP contribution in [0, 0.1) is 6.92 Å². The molecule has 0 radical (unpaired) electrons. The SMILES string of the molecule is CCSCCC(C)NS(=O)(=O)c1cccc(CNC)c1C. The van der Waals surface area contributed by atoms with Gasteiger partial charge in [0.1, 0.15) is 0 Å². The predicted octanol–water partition coefficient (Wildman–Crippen LogP) is 2.52. The maximum absolute atomic E-state index is 12.5. The van der Waals surface area contributed by atoms with Crippen molar-refractivity contribution in [3.63, 3.8) is 0 Å². The van der Waals surface area contributed by atoms with Gasteiger partial charge in [0.05, 0.1) is 4.90 Å². The topological polar surface area (TPSA) is 58.2 Å². The average Bonchev–Trinajstić information content (AvgIpc) is 2.41. The summed E-state index contributed by atoms with van der Waals surface area (Å²) >= 11 is 1.83. The minimum atomic E-state index is -3.46. The van der Waals surface area contributed by atoms with Gasteiger partial charge in [0, 0.05) is 12.6 Å². The zero-order valence-electron chi connectivity index (χ0n) is 13.3. The van der Waals surface area contributed by atoms with Crippen molar-refractivity contribution in [1.82, 2.24) is 10.0 Å². The molecular formula is C15H26N2O2S2. The van der Waals surface area contributed by atoms with Crippen molar-refractivity contribution < 1.29 is 8.42 Å². The van der Waals surface area contributed by atoms with E-state index >= 15 is 0 Å². The van der Waals surface area contributed by atoms with Gasteiger partial charge in [-0.1, -0.05) is 19.1 Å². The van der Waals surface area contributed by atoms with Crippen molar-refractivity contribution in [2.75, 3.05) is 18.6 Å². The van der Waals surface area contributed by atoms with Crippen molar-refractivity contribution in [3.05, 3.63) is 29.3 Å². The first-order valence-corrected chi connectivity index (χ1v) is 9.89. The van der Waals surface area contributed by atoms with E-state index in [-0.39, 0.29) is 6.04 Å². The maximum atomic E-state index is 12.5. The first-order chi connectivity index (χ1) is 9.92. The third kappa shape index (κ3) is 5.62. The number of sulfonamides is 1. The fourth-order valence-corrected chi connectivity index (χ4v) is 4.50. The van der Waals surface area contributed by atoms with Crippen molar-refractivity contribution >= 4 is 21.8 Å². The van der Waals surface area contributed by atoms with Crippen LogP contribution >= 0.6 is 11.8 Å². The zero-order valence-corrected chi connectivity index (χ0v) is 14.9. The summed E-state index contributed by atoms with van der Waals surface area (Å²) in [4.78, 5) is 0.380. The highest BCUT2D eigenvalue weighted by Gasteiger charge is 2.20. The van der Waals surface area contributed by atoms with Crippen molar-refractivity contribution in [1.29, 1.82) is 0 Å². The summed E-state index contributed by atoms with van der Waals surface area (Å²) in [5, 5.41) is 3.06. The van der Waals surface area contributed by atoms with Crippen molar-refractivity contribution in [2.45, 2.75) is 44.7 Å². The molecular weight excluding hydrogens is 304 g/mol. The van der Waals surface area contributed by atoms with Crippen LogP contribution in [-0.2, 0) is 16.6 Å². The predicted molar refractivity (Wildman–Crippen MR) is 91.3 cm³/mol. The summed E-state index contributed by atoms with van der Waals surface area (Å²) in [5.41, 5.74) is 1.82. The summed E-state index contributed by atoms with van der Waals surface area (Å²) in [7, 11) is -1.60. The second-order valence-electron chi connectivity index (χ2n) is 5.08. The third-order valence-electron chi connectivity index (χ3n) is 3.31. The van der Waals surface area contributed by atoms with E-state index in [4.69, 9.17) is 0 Å². The molecule has 0 saturated heterocycles. The Balaban J connectivity index is 2.85. The van der Waals surface area contributed by atoms with E-state index in [1.54, 1.807) is 12.1 Å². The molecule has 4 nitrogen and oxygen atoms in total. The first-order valence-electron chi connectivity index (χ1n) is 7.25. The molecule has 1 aromatic carbocycles. The minimum Gasteiger partial charge on any atom is -0.316 e. The number of rotatable bonds is 9. The van der Waals surface area contributed by atoms with E-state index in [1.807, 2.05) is 38.7 Å². The highest BCUT2D eigenvalue weighted by Crippen LogP contribution is 2.19. The Bertz CT molecular complexity index is 545. The van der Waals surface area contributed by atoms with E-state index in [2.05, 4.69) is 17.0 Å². The fraction of sp³-hybridized carbons (Fsp3) is 0.600. The van der Waals surface area contributed by atoms with Gasteiger partial charge < -0.3 is 5.32 Å². The Morgan fingerprint density at radius 1 is 1.33 bits per heavy atom. The van der Waals surface area contributed by atoms with Gasteiger partial charge in [0.2, 0.25) is 10.0 Å². The van der Waals surface area contributed by atoms with E-state index in [1.165, 1.54) is 0 Å². The van der Waals surface area contributed by atoms with Gasteiger partial charge in [-0.05, 0) is 56.0 Å². The molecule has 0 bridgehead atoms. The van der Waals surface area contributed by atoms with Gasteiger partial charge in [-0.25, -0.2) is 13.1 Å². The van der Waals surface area contributed by atoms with Crippen molar-refractivity contribution in [3.8, 4) is 0 Å². The summed E-state index contributed by atoms with van der Waals surface area (Å²) in [6.07, 6.45) is 0.840. The summed E-state index contributed by atoms with van der Waals surface area (Å²) in [6, 6.07) is 5.36. The highest BCUT2D eigenvalue weighted by atomic mass is 32.2. The molecule has 0 aliphatic carbocycles. The Kier molecular flexibility index (Phi) is 7.73. The second kappa shape index (κ2) is 8.78. The maximum Gasteiger partial charge on any atom is 0.241 e. The molecule has 1 aromatic rings. The lowest BCUT2D eigenvalue weighted by atomic mass is 10.1. The largest absolute Gasteiger partial charge is 0.316 e. The minimum absolute atomic E-state index is 0.0543. The molecule has 1 atom stereocenters. The Labute approximate surface area is 133 Å². The van der Waals surface area contributed by atoms with Crippen molar-refractivity contribution in [2.24, 2.45) is 0 Å². The lowest BCUT2D eigenvalue weighted by Gasteiger charge is -2.16. The standard InChI is InChI=1S/C15H26N2O2S2/c1-5-20-10-9-12(2)17-21(18,19)15-8-6-7-14(11-16-4)13(15)3/h6-8,12,16-17H,5,9-11H2,1-4H3. The quantitative estimate of drug-likeness (QED) is 0.683. The Morgan fingerprint density at radius 2 is 2.05 bits per heavy atom. The molecule has 0 aromatic heterocycles. The van der Waals surface area contributed by atoms with Crippen LogP contribution in [0.5, 0.6) is 0 Å². The molecule has 0 heterocycles. The molecule has 0 saturated carbocycles. The normalized spacial score (nSPS) is 13.3. The summed E-state index contributed by atoms with van der Waals surface area (Å²) in [5.74, 6) is 2.03. The van der Waals surface area contributed by atoms with Gasteiger partial charge in [0.25, 0.3) is 0 Å². The van der Waals surface area contributed by atoms with Gasteiger partial charge >= 0.3 is 0 Å². The third-order valence-corrected chi connectivity index (χ3v) is 5.98. The lowest BCUT2D eigenvalue weighted by Crippen LogP contribution is -2.33. The number of hydrogen-bond donors (Lipinski definition) is 2. The average molecular weight is 331 g/mol. The smallest absolute Gasteiger partial charge is 0.241 e. The fourth-order valence-electron chi connectivity index (χ4n) is 2.12. The van der Waals surface area contributed by atoms with Gasteiger partial charge in [-0.2, -0.15) is 11.8 Å². The molecule has 0 aliphatic heterocycles. The van der Waals surface area contributed by atoms with Gasteiger partial charge in [0.15, 0.2) is 0 Å². The van der Waals surface area contributed by atoms with E-state index in [9.17, 15) is 8.42 Å². The highest BCUT2D eigenvalue weighted by molar-refractivity contribution is 7.99. The number of nitrogens with one attached hydrogen (secondary N) is 2. The van der Waals surface area contributed by atoms with Crippen LogP contribution in [0.15, 0.2) is 23.1 Å². The zero-order chi connectivity index (χ0) is 15.9. The molecule has 21 heavy (non-hydrogen) atoms. The second-order valence-corrected chi connectivity index (χ2v) is 8.15. The molecule has 0 spiro atoms. The van der Waals surface area contributed by atoms with Crippen LogP contribution in [0.3, 0.4) is 0 Å². The van der Waals surface area contributed by atoms with E-state index in [0.29, 0.717) is 11.4 Å². The Hall–Kier alpha value is -0.560. The summed E-state index contributed by atoms with van der Waals surface area (Å²) < 4.78 is 27.8. The van der Waals surface area contributed by atoms with Crippen LogP contribution in [-0.4, -0.2) is 33.0 Å². The molecule has 2 N–H and O–H groups in total. The molecule has 1 unspecified atom stereocenters. The Morgan fingerprint density at radius 3 is 2.67 bits per heavy atom. The van der Waals surface area contributed by atoms with Crippen LogP contribution < -0.4 is 10.0 Å².